The maximum absolute atomic E-state index is 13.6. The number of aromatic nitrogens is 1. The number of sulfone groups is 1. The zero-order valence-electron chi connectivity index (χ0n) is 24.7. The van der Waals surface area contributed by atoms with E-state index in [1.807, 2.05) is 20.8 Å². The van der Waals surface area contributed by atoms with Crippen LogP contribution >= 0.6 is 0 Å². The molecule has 0 radical (unpaired) electrons. The number of pyridine rings is 1. The number of hydrogen-bond acceptors (Lipinski definition) is 8. The van der Waals surface area contributed by atoms with Crippen molar-refractivity contribution >= 4 is 27.6 Å². The fourth-order valence-corrected chi connectivity index (χ4v) is 5.82. The topological polar surface area (TPSA) is 175 Å². The molecule has 12 heteroatoms. The third kappa shape index (κ3) is 11.5. The predicted molar refractivity (Wildman–Crippen MR) is 160 cm³/mol. The van der Waals surface area contributed by atoms with E-state index in [0.717, 1.165) is 5.56 Å². The highest BCUT2D eigenvalue weighted by atomic mass is 32.2. The van der Waals surface area contributed by atoms with Gasteiger partial charge in [0, 0.05) is 18.9 Å². The molecule has 1 aromatic heterocycles. The van der Waals surface area contributed by atoms with E-state index in [-0.39, 0.29) is 23.7 Å². The van der Waals surface area contributed by atoms with Crippen LogP contribution in [0.3, 0.4) is 0 Å². The van der Waals surface area contributed by atoms with Crippen molar-refractivity contribution in [3.8, 4) is 0 Å². The summed E-state index contributed by atoms with van der Waals surface area (Å²) < 4.78 is 25.7. The minimum atomic E-state index is -3.74. The zero-order chi connectivity index (χ0) is 31.3. The first-order chi connectivity index (χ1) is 19.8. The lowest BCUT2D eigenvalue weighted by atomic mass is 9.90. The molecular weight excluding hydrogens is 560 g/mol. The van der Waals surface area contributed by atoms with E-state index in [1.54, 1.807) is 30.3 Å². The molecular formula is C30H44N4O7S. The van der Waals surface area contributed by atoms with Crippen LogP contribution in [0.15, 0.2) is 54.9 Å². The highest BCUT2D eigenvalue weighted by Gasteiger charge is 2.36. The average molecular weight is 605 g/mol. The molecule has 5 unspecified atom stereocenters. The molecule has 0 aliphatic carbocycles. The molecule has 1 heterocycles. The smallest absolute Gasteiger partial charge is 0.253 e. The number of aliphatic hydroxyl groups is 2. The van der Waals surface area contributed by atoms with E-state index in [9.17, 15) is 33.0 Å². The van der Waals surface area contributed by atoms with Crippen LogP contribution in [0.1, 0.15) is 56.5 Å². The van der Waals surface area contributed by atoms with Crippen molar-refractivity contribution in [3.63, 3.8) is 0 Å². The molecule has 1 aromatic carbocycles. The predicted octanol–water partition coefficient (Wildman–Crippen LogP) is 1.25. The first-order valence-electron chi connectivity index (χ1n) is 14.2. The molecule has 3 amide bonds. The third-order valence-corrected chi connectivity index (χ3v) is 8.53. The molecule has 5 N–H and O–H groups in total. The summed E-state index contributed by atoms with van der Waals surface area (Å²) in [5.41, 5.74) is 0.858. The summed E-state index contributed by atoms with van der Waals surface area (Å²) in [6, 6.07) is 9.30. The second-order valence-electron chi connectivity index (χ2n) is 10.9. The number of hydrogen-bond donors (Lipinski definition) is 5. The van der Waals surface area contributed by atoms with Gasteiger partial charge in [0.15, 0.2) is 9.84 Å². The van der Waals surface area contributed by atoms with Gasteiger partial charge in [-0.25, -0.2) is 8.42 Å². The molecule has 0 fully saturated rings. The number of benzene rings is 1. The van der Waals surface area contributed by atoms with Crippen LogP contribution in [-0.4, -0.2) is 83.7 Å². The molecule has 0 bridgehead atoms. The first kappa shape index (κ1) is 34.8. The van der Waals surface area contributed by atoms with Crippen molar-refractivity contribution in [2.75, 3.05) is 18.1 Å². The van der Waals surface area contributed by atoms with Gasteiger partial charge < -0.3 is 26.2 Å². The minimum Gasteiger partial charge on any atom is -0.390 e. The van der Waals surface area contributed by atoms with Gasteiger partial charge in [0.1, 0.15) is 12.1 Å². The Hall–Kier alpha value is -3.35. The molecule has 2 rings (SSSR count). The highest BCUT2D eigenvalue weighted by Crippen LogP contribution is 2.16. The average Bonchev–Trinajstić information content (AvgIpc) is 2.97. The molecule has 0 saturated carbocycles. The Morgan fingerprint density at radius 2 is 1.62 bits per heavy atom. The largest absolute Gasteiger partial charge is 0.390 e. The Bertz CT molecular complexity index is 1240. The lowest BCUT2D eigenvalue weighted by molar-refractivity contribution is -0.132. The van der Waals surface area contributed by atoms with Crippen LogP contribution in [0.4, 0.5) is 0 Å². The number of carbonyl (C=O) groups is 3. The second kappa shape index (κ2) is 16.9. The van der Waals surface area contributed by atoms with E-state index < -0.39 is 63.5 Å². The molecule has 0 spiro atoms. The Kier molecular flexibility index (Phi) is 14.1. The Balaban J connectivity index is 2.33. The van der Waals surface area contributed by atoms with Crippen LogP contribution in [0, 0.1) is 11.8 Å². The maximum Gasteiger partial charge on any atom is 0.253 e. The quantitative estimate of drug-likeness (QED) is 0.179. The normalized spacial score (nSPS) is 15.2. The fraction of sp³-hybridized carbons (Fsp3) is 0.533. The van der Waals surface area contributed by atoms with Gasteiger partial charge >= 0.3 is 0 Å². The summed E-state index contributed by atoms with van der Waals surface area (Å²) in [6.45, 7) is 7.55. The zero-order valence-corrected chi connectivity index (χ0v) is 25.5. The van der Waals surface area contributed by atoms with Crippen LogP contribution in [0.25, 0.3) is 0 Å². The van der Waals surface area contributed by atoms with E-state index >= 15 is 0 Å². The van der Waals surface area contributed by atoms with Gasteiger partial charge in [-0.05, 0) is 36.5 Å². The molecule has 2 aromatic rings. The molecule has 0 aliphatic heterocycles. The summed E-state index contributed by atoms with van der Waals surface area (Å²) >= 11 is 0. The number of nitrogens with zero attached hydrogens (tertiary/aromatic N) is 1. The van der Waals surface area contributed by atoms with Crippen molar-refractivity contribution in [1.29, 1.82) is 0 Å². The third-order valence-electron chi connectivity index (χ3n) is 6.77. The van der Waals surface area contributed by atoms with Gasteiger partial charge in [-0.1, -0.05) is 64.4 Å². The summed E-state index contributed by atoms with van der Waals surface area (Å²) in [4.78, 5) is 43.0. The number of carbonyl (C=O) groups excluding carboxylic acids is 3. The van der Waals surface area contributed by atoms with Crippen LogP contribution in [-0.2, 0) is 25.8 Å². The lowest BCUT2D eigenvalue weighted by Gasteiger charge is -2.32. The molecule has 42 heavy (non-hydrogen) atoms. The molecule has 232 valence electrons. The van der Waals surface area contributed by atoms with E-state index in [4.69, 9.17) is 0 Å². The first-order valence-corrected chi connectivity index (χ1v) is 16.1. The number of unbranched alkanes of at least 4 members (excludes halogenated alkanes) is 1. The minimum absolute atomic E-state index is 0.0665. The fourth-order valence-electron chi connectivity index (χ4n) is 4.19. The van der Waals surface area contributed by atoms with Crippen molar-refractivity contribution in [1.82, 2.24) is 20.9 Å². The molecule has 11 nitrogen and oxygen atoms in total. The van der Waals surface area contributed by atoms with Crippen molar-refractivity contribution in [3.05, 3.63) is 66.0 Å². The van der Waals surface area contributed by atoms with Crippen molar-refractivity contribution < 1.29 is 33.0 Å². The summed E-state index contributed by atoms with van der Waals surface area (Å²) in [6.07, 6.45) is 0.705. The van der Waals surface area contributed by atoms with Gasteiger partial charge in [0.25, 0.3) is 5.91 Å². The molecule has 0 saturated heterocycles. The van der Waals surface area contributed by atoms with E-state index in [0.29, 0.717) is 19.4 Å². The van der Waals surface area contributed by atoms with E-state index in [2.05, 4.69) is 20.9 Å². The van der Waals surface area contributed by atoms with Crippen molar-refractivity contribution in [2.45, 2.75) is 71.2 Å². The van der Waals surface area contributed by atoms with Crippen LogP contribution in [0.5, 0.6) is 0 Å². The summed E-state index contributed by atoms with van der Waals surface area (Å²) in [7, 11) is -3.74. The van der Waals surface area contributed by atoms with Gasteiger partial charge in [-0.15, -0.1) is 0 Å². The standard InChI is InChI=1S/C30H44N4O7S/c1-5-6-15-42(40,41)19-25(34-29(38)23-13-10-14-31-18-23)30(39)33-24(16-22-11-8-7-9-12-22)27(36)26(35)21(4)28(37)32-17-20(2)3/h7-14,18,20-21,24-27,35-36H,5-6,15-17,19H2,1-4H3,(H,32,37)(H,33,39)(H,34,38). The summed E-state index contributed by atoms with van der Waals surface area (Å²) in [5.74, 6) is -3.64. The molecule has 0 aliphatic rings. The SMILES string of the molecule is CCCCS(=O)(=O)CC(NC(=O)c1cccnc1)C(=O)NC(Cc1ccccc1)C(O)C(O)C(C)C(=O)NCC(C)C. The van der Waals surface area contributed by atoms with Crippen LogP contribution < -0.4 is 16.0 Å². The Labute approximate surface area is 248 Å². The number of nitrogens with one attached hydrogen (secondary N) is 3. The Morgan fingerprint density at radius 3 is 2.21 bits per heavy atom. The molecule has 5 atom stereocenters. The van der Waals surface area contributed by atoms with Crippen LogP contribution in [0.2, 0.25) is 0 Å². The monoisotopic (exact) mass is 604 g/mol. The van der Waals surface area contributed by atoms with Gasteiger partial charge in [-0.3, -0.25) is 19.4 Å². The summed E-state index contributed by atoms with van der Waals surface area (Å²) in [5, 5.41) is 30.1. The van der Waals surface area contributed by atoms with Gasteiger partial charge in [-0.2, -0.15) is 0 Å². The van der Waals surface area contributed by atoms with Crippen molar-refractivity contribution in [2.24, 2.45) is 11.8 Å². The number of rotatable bonds is 17. The lowest BCUT2D eigenvalue weighted by Crippen LogP contribution is -2.58. The second-order valence-corrected chi connectivity index (χ2v) is 13.2. The van der Waals surface area contributed by atoms with Gasteiger partial charge in [0.05, 0.1) is 35.1 Å². The maximum atomic E-state index is 13.6. The van der Waals surface area contributed by atoms with E-state index in [1.165, 1.54) is 31.5 Å². The number of amides is 3. The highest BCUT2D eigenvalue weighted by molar-refractivity contribution is 7.91. The number of aliphatic hydroxyl groups excluding tert-OH is 2. The van der Waals surface area contributed by atoms with Gasteiger partial charge in [0.2, 0.25) is 11.8 Å². The Morgan fingerprint density at radius 1 is 0.929 bits per heavy atom.